The second kappa shape index (κ2) is 3.80. The Morgan fingerprint density at radius 2 is 2.20 bits per heavy atom. The molecule has 0 aromatic carbocycles. The van der Waals surface area contributed by atoms with Gasteiger partial charge in [0, 0.05) is 13.2 Å². The summed E-state index contributed by atoms with van der Waals surface area (Å²) in [4.78, 5) is 14.1. The number of hydrogen-bond acceptors (Lipinski definition) is 5. The van der Waals surface area contributed by atoms with Crippen molar-refractivity contribution in [2.45, 2.75) is 0 Å². The van der Waals surface area contributed by atoms with Crippen LogP contribution in [-0.2, 0) is 4.79 Å². The Morgan fingerprint density at radius 1 is 1.47 bits per heavy atom. The molecule has 1 fully saturated rings. The average molecular weight is 239 g/mol. The Kier molecular flexibility index (Phi) is 2.64. The predicted molar refractivity (Wildman–Crippen MR) is 64.3 cm³/mol. The minimum absolute atomic E-state index is 0.244. The monoisotopic (exact) mass is 239 g/mol. The van der Waals surface area contributed by atoms with Gasteiger partial charge in [0.1, 0.15) is 4.91 Å². The van der Waals surface area contributed by atoms with Gasteiger partial charge in [-0.15, -0.1) is 0 Å². The molecule has 2 aliphatic heterocycles. The van der Waals surface area contributed by atoms with Crippen molar-refractivity contribution in [1.82, 2.24) is 9.91 Å². The summed E-state index contributed by atoms with van der Waals surface area (Å²) in [6.45, 7) is 0. The molecular weight excluding hydrogens is 230 g/mol. The molecule has 0 aromatic rings. The van der Waals surface area contributed by atoms with Gasteiger partial charge in [0.15, 0.2) is 4.32 Å². The fourth-order valence-electron chi connectivity index (χ4n) is 1.29. The molecule has 4 nitrogen and oxygen atoms in total. The number of nitrogens with zero attached hydrogens (tertiary/aromatic N) is 2. The first-order valence-electron chi connectivity index (χ1n) is 4.24. The topological polar surface area (TPSA) is 49.6 Å². The Morgan fingerprint density at radius 3 is 2.73 bits per heavy atom. The number of rotatable bonds is 0. The fourth-order valence-corrected chi connectivity index (χ4v) is 2.48. The molecular formula is C9H9N3OS2. The maximum atomic E-state index is 11.7. The lowest BCUT2D eigenvalue weighted by atomic mass is 10.2. The second-order valence-electron chi connectivity index (χ2n) is 3.07. The quantitative estimate of drug-likeness (QED) is 0.295. The zero-order valence-electron chi connectivity index (χ0n) is 8.01. The molecule has 0 aliphatic carbocycles. The van der Waals surface area contributed by atoms with Crippen molar-refractivity contribution in [3.63, 3.8) is 0 Å². The first-order valence-corrected chi connectivity index (χ1v) is 5.46. The third-order valence-electron chi connectivity index (χ3n) is 2.09. The Labute approximate surface area is 97.1 Å². The Bertz CT molecular complexity index is 425. The summed E-state index contributed by atoms with van der Waals surface area (Å²) >= 11 is 6.18. The molecule has 2 rings (SSSR count). The standard InChI is InChI=1S/C9H9N3OS2/c1-11-5-3-2-4-6(11)7-8(13)12(10)9(14)15-7/h2-5H,10H2,1H3/b7-6-. The van der Waals surface area contributed by atoms with E-state index >= 15 is 0 Å². The van der Waals surface area contributed by atoms with Gasteiger partial charge in [-0.05, 0) is 12.2 Å². The van der Waals surface area contributed by atoms with Gasteiger partial charge in [-0.25, -0.2) is 10.9 Å². The van der Waals surface area contributed by atoms with Crippen LogP contribution in [0.15, 0.2) is 35.0 Å². The summed E-state index contributed by atoms with van der Waals surface area (Å²) < 4.78 is 0.388. The van der Waals surface area contributed by atoms with Gasteiger partial charge in [0.25, 0.3) is 5.91 Å². The highest BCUT2D eigenvalue weighted by Gasteiger charge is 2.32. The fraction of sp³-hybridized carbons (Fsp3) is 0.111. The van der Waals surface area contributed by atoms with E-state index in [1.807, 2.05) is 36.4 Å². The Balaban J connectivity index is 2.42. The molecule has 6 heteroatoms. The normalized spacial score (nSPS) is 25.7. The lowest BCUT2D eigenvalue weighted by Crippen LogP contribution is -2.35. The highest BCUT2D eigenvalue weighted by molar-refractivity contribution is 8.26. The number of allylic oxidation sites excluding steroid dienone is 3. The SMILES string of the molecule is CN1C=CC=C/C1=C1/SC(=S)N(N)C1=O. The number of hydrazine groups is 1. The van der Waals surface area contributed by atoms with Crippen LogP contribution in [0.3, 0.4) is 0 Å². The molecule has 0 saturated carbocycles. The Hall–Kier alpha value is -1.11. The smallest absolute Gasteiger partial charge is 0.282 e. The van der Waals surface area contributed by atoms with E-state index < -0.39 is 0 Å². The van der Waals surface area contributed by atoms with Crippen molar-refractivity contribution in [2.75, 3.05) is 7.05 Å². The molecule has 0 radical (unpaired) electrons. The zero-order valence-corrected chi connectivity index (χ0v) is 9.64. The van der Waals surface area contributed by atoms with Crippen LogP contribution < -0.4 is 5.84 Å². The van der Waals surface area contributed by atoms with E-state index in [9.17, 15) is 4.79 Å². The van der Waals surface area contributed by atoms with Crippen molar-refractivity contribution in [3.8, 4) is 0 Å². The van der Waals surface area contributed by atoms with E-state index in [0.29, 0.717) is 9.23 Å². The van der Waals surface area contributed by atoms with Crippen LogP contribution in [0.2, 0.25) is 0 Å². The molecule has 0 spiro atoms. The van der Waals surface area contributed by atoms with Crippen molar-refractivity contribution >= 4 is 34.2 Å². The molecule has 78 valence electrons. The molecule has 2 aliphatic rings. The minimum atomic E-state index is -0.244. The van der Waals surface area contributed by atoms with Crippen molar-refractivity contribution in [3.05, 3.63) is 35.0 Å². The maximum Gasteiger partial charge on any atom is 0.282 e. The van der Waals surface area contributed by atoms with Gasteiger partial charge in [0.2, 0.25) is 0 Å². The van der Waals surface area contributed by atoms with E-state index in [0.717, 1.165) is 10.7 Å². The predicted octanol–water partition coefficient (Wildman–Crippen LogP) is 0.947. The number of likely N-dealkylation sites (N-methyl/N-ethyl adjacent to an activating group) is 1. The van der Waals surface area contributed by atoms with E-state index in [-0.39, 0.29) is 5.91 Å². The van der Waals surface area contributed by atoms with Crippen LogP contribution in [0.1, 0.15) is 0 Å². The number of nitrogens with two attached hydrogens (primary N) is 1. The highest BCUT2D eigenvalue weighted by atomic mass is 32.2. The van der Waals surface area contributed by atoms with Crippen LogP contribution in [0.4, 0.5) is 0 Å². The summed E-state index contributed by atoms with van der Waals surface area (Å²) in [5, 5.41) is 1.00. The van der Waals surface area contributed by atoms with Gasteiger partial charge in [0.05, 0.1) is 5.70 Å². The van der Waals surface area contributed by atoms with Crippen LogP contribution in [-0.4, -0.2) is 27.2 Å². The summed E-state index contributed by atoms with van der Waals surface area (Å²) in [6.07, 6.45) is 7.51. The molecule has 15 heavy (non-hydrogen) atoms. The van der Waals surface area contributed by atoms with Gasteiger partial charge < -0.3 is 4.90 Å². The number of thiocarbonyl (C=S) groups is 1. The molecule has 1 saturated heterocycles. The molecule has 2 N–H and O–H groups in total. The van der Waals surface area contributed by atoms with E-state index in [1.165, 1.54) is 11.8 Å². The minimum Gasteiger partial charge on any atom is -0.350 e. The summed E-state index contributed by atoms with van der Waals surface area (Å²) in [7, 11) is 1.87. The average Bonchev–Trinajstić information content (AvgIpc) is 2.47. The van der Waals surface area contributed by atoms with Gasteiger partial charge >= 0.3 is 0 Å². The van der Waals surface area contributed by atoms with Crippen molar-refractivity contribution in [1.29, 1.82) is 0 Å². The first kappa shape index (κ1) is 10.4. The number of carbonyl (C=O) groups excluding carboxylic acids is 1. The largest absolute Gasteiger partial charge is 0.350 e. The van der Waals surface area contributed by atoms with Gasteiger partial charge in [-0.3, -0.25) is 4.79 Å². The molecule has 0 aromatic heterocycles. The van der Waals surface area contributed by atoms with Gasteiger partial charge in [-0.1, -0.05) is 30.1 Å². The third kappa shape index (κ3) is 1.71. The number of hydrogen-bond donors (Lipinski definition) is 1. The van der Waals surface area contributed by atoms with E-state index in [4.69, 9.17) is 18.1 Å². The molecule has 0 unspecified atom stereocenters. The van der Waals surface area contributed by atoms with Crippen LogP contribution in [0.25, 0.3) is 0 Å². The zero-order chi connectivity index (χ0) is 11.0. The highest BCUT2D eigenvalue weighted by Crippen LogP contribution is 2.33. The molecule has 1 amide bonds. The molecule has 2 heterocycles. The third-order valence-corrected chi connectivity index (χ3v) is 3.49. The van der Waals surface area contributed by atoms with Crippen LogP contribution in [0.5, 0.6) is 0 Å². The summed E-state index contributed by atoms with van der Waals surface area (Å²) in [5.74, 6) is 5.25. The van der Waals surface area contributed by atoms with E-state index in [1.54, 1.807) is 0 Å². The van der Waals surface area contributed by atoms with Gasteiger partial charge in [-0.2, -0.15) is 0 Å². The van der Waals surface area contributed by atoms with Crippen LogP contribution in [0, 0.1) is 0 Å². The summed E-state index contributed by atoms with van der Waals surface area (Å²) in [5.41, 5.74) is 0.822. The lowest BCUT2D eigenvalue weighted by molar-refractivity contribution is -0.122. The maximum absolute atomic E-state index is 11.7. The summed E-state index contributed by atoms with van der Waals surface area (Å²) in [6, 6.07) is 0. The second-order valence-corrected chi connectivity index (χ2v) is 4.71. The van der Waals surface area contributed by atoms with E-state index in [2.05, 4.69) is 0 Å². The molecule has 0 atom stereocenters. The number of amides is 1. The number of thioether (sulfide) groups is 1. The van der Waals surface area contributed by atoms with Crippen molar-refractivity contribution < 1.29 is 4.79 Å². The lowest BCUT2D eigenvalue weighted by Gasteiger charge is -2.19. The first-order chi connectivity index (χ1) is 7.11. The number of carbonyl (C=O) groups is 1. The van der Waals surface area contributed by atoms with Crippen LogP contribution >= 0.6 is 24.0 Å². The van der Waals surface area contributed by atoms with Crippen molar-refractivity contribution in [2.24, 2.45) is 5.84 Å². The molecule has 0 bridgehead atoms.